The van der Waals surface area contributed by atoms with E-state index in [0.717, 1.165) is 24.2 Å². The maximum atomic E-state index is 9.04. The predicted molar refractivity (Wildman–Crippen MR) is 64.3 cm³/mol. The molecular weight excluding hydrogens is 208 g/mol. The molecule has 80 valence electrons. The van der Waals surface area contributed by atoms with Gasteiger partial charge in [-0.2, -0.15) is 5.26 Å². The van der Waals surface area contributed by atoms with Crippen molar-refractivity contribution in [1.29, 1.82) is 5.26 Å². The summed E-state index contributed by atoms with van der Waals surface area (Å²) in [7, 11) is 2.00. The van der Waals surface area contributed by atoms with Gasteiger partial charge in [0.25, 0.3) is 0 Å². The molecule has 0 saturated carbocycles. The number of hydrogen-bond acceptors (Lipinski definition) is 2. The number of halogens is 1. The SMILES string of the molecule is CCCN(C)c1ccc(CCl)cc1C#N. The molecule has 0 atom stereocenters. The highest BCUT2D eigenvalue weighted by atomic mass is 35.5. The Hall–Kier alpha value is -1.20. The van der Waals surface area contributed by atoms with Gasteiger partial charge in [-0.05, 0) is 24.1 Å². The minimum absolute atomic E-state index is 0.451. The second kappa shape index (κ2) is 5.63. The molecule has 0 aliphatic carbocycles. The van der Waals surface area contributed by atoms with E-state index in [9.17, 15) is 0 Å². The first-order chi connectivity index (χ1) is 7.22. The molecule has 1 aromatic carbocycles. The van der Waals surface area contributed by atoms with Crippen LogP contribution in [0.4, 0.5) is 5.69 Å². The van der Waals surface area contributed by atoms with Crippen molar-refractivity contribution in [3.63, 3.8) is 0 Å². The van der Waals surface area contributed by atoms with Crippen molar-refractivity contribution in [1.82, 2.24) is 0 Å². The van der Waals surface area contributed by atoms with E-state index < -0.39 is 0 Å². The molecule has 0 aliphatic rings. The summed E-state index contributed by atoms with van der Waals surface area (Å²) >= 11 is 5.73. The zero-order valence-corrected chi connectivity index (χ0v) is 9.88. The second-order valence-corrected chi connectivity index (χ2v) is 3.79. The van der Waals surface area contributed by atoms with Gasteiger partial charge in [-0.25, -0.2) is 0 Å². The topological polar surface area (TPSA) is 27.0 Å². The van der Waals surface area contributed by atoms with Crippen molar-refractivity contribution in [3.8, 4) is 6.07 Å². The van der Waals surface area contributed by atoms with E-state index in [2.05, 4.69) is 17.9 Å². The molecular formula is C12H15ClN2. The molecule has 0 spiro atoms. The fourth-order valence-corrected chi connectivity index (χ4v) is 1.71. The van der Waals surface area contributed by atoms with Crippen LogP contribution in [0.1, 0.15) is 24.5 Å². The number of alkyl halides is 1. The van der Waals surface area contributed by atoms with E-state index in [0.29, 0.717) is 11.4 Å². The number of anilines is 1. The molecule has 0 saturated heterocycles. The first kappa shape index (κ1) is 11.9. The van der Waals surface area contributed by atoms with E-state index in [-0.39, 0.29) is 0 Å². The van der Waals surface area contributed by atoms with Gasteiger partial charge in [0.1, 0.15) is 6.07 Å². The van der Waals surface area contributed by atoms with Gasteiger partial charge in [0.2, 0.25) is 0 Å². The third kappa shape index (κ3) is 2.87. The van der Waals surface area contributed by atoms with Crippen molar-refractivity contribution in [2.24, 2.45) is 0 Å². The van der Waals surface area contributed by atoms with Gasteiger partial charge in [-0.3, -0.25) is 0 Å². The minimum Gasteiger partial charge on any atom is -0.374 e. The molecule has 15 heavy (non-hydrogen) atoms. The molecule has 0 heterocycles. The van der Waals surface area contributed by atoms with Crippen LogP contribution in [0.15, 0.2) is 18.2 Å². The molecule has 0 N–H and O–H groups in total. The molecule has 0 radical (unpaired) electrons. The maximum absolute atomic E-state index is 9.04. The molecule has 1 rings (SSSR count). The van der Waals surface area contributed by atoms with Crippen LogP contribution < -0.4 is 4.90 Å². The molecule has 0 fully saturated rings. The van der Waals surface area contributed by atoms with Gasteiger partial charge in [0.05, 0.1) is 11.3 Å². The minimum atomic E-state index is 0.451. The van der Waals surface area contributed by atoms with Crippen LogP contribution in [-0.2, 0) is 5.88 Å². The van der Waals surface area contributed by atoms with E-state index in [1.54, 1.807) is 0 Å². The van der Waals surface area contributed by atoms with Crippen LogP contribution in [0.3, 0.4) is 0 Å². The number of hydrogen-bond donors (Lipinski definition) is 0. The maximum Gasteiger partial charge on any atom is 0.101 e. The van der Waals surface area contributed by atoms with Crippen molar-refractivity contribution < 1.29 is 0 Å². The van der Waals surface area contributed by atoms with Crippen LogP contribution in [0.5, 0.6) is 0 Å². The third-order valence-corrected chi connectivity index (χ3v) is 2.61. The third-order valence-electron chi connectivity index (χ3n) is 2.31. The summed E-state index contributed by atoms with van der Waals surface area (Å²) < 4.78 is 0. The fourth-order valence-electron chi connectivity index (χ4n) is 1.54. The summed E-state index contributed by atoms with van der Waals surface area (Å²) in [6.07, 6.45) is 1.07. The average Bonchev–Trinajstić information content (AvgIpc) is 2.28. The molecule has 0 aromatic heterocycles. The lowest BCUT2D eigenvalue weighted by atomic mass is 10.1. The van der Waals surface area contributed by atoms with Crippen LogP contribution in [0.25, 0.3) is 0 Å². The van der Waals surface area contributed by atoms with E-state index in [1.807, 2.05) is 25.2 Å². The smallest absolute Gasteiger partial charge is 0.101 e. The number of nitrogens with zero attached hydrogens (tertiary/aromatic N) is 2. The zero-order valence-electron chi connectivity index (χ0n) is 9.13. The fraction of sp³-hybridized carbons (Fsp3) is 0.417. The number of benzene rings is 1. The van der Waals surface area contributed by atoms with Crippen LogP contribution in [-0.4, -0.2) is 13.6 Å². The monoisotopic (exact) mass is 222 g/mol. The highest BCUT2D eigenvalue weighted by Crippen LogP contribution is 2.21. The zero-order chi connectivity index (χ0) is 11.3. The van der Waals surface area contributed by atoms with Crippen molar-refractivity contribution in [2.45, 2.75) is 19.2 Å². The quantitative estimate of drug-likeness (QED) is 0.732. The summed E-state index contributed by atoms with van der Waals surface area (Å²) in [5.41, 5.74) is 2.67. The van der Waals surface area contributed by atoms with Crippen molar-refractivity contribution in [3.05, 3.63) is 29.3 Å². The highest BCUT2D eigenvalue weighted by Gasteiger charge is 2.06. The molecule has 3 heteroatoms. The largest absolute Gasteiger partial charge is 0.374 e. The Labute approximate surface area is 96.1 Å². The van der Waals surface area contributed by atoms with Gasteiger partial charge in [-0.15, -0.1) is 11.6 Å². The molecule has 0 aliphatic heterocycles. The molecule has 1 aromatic rings. The predicted octanol–water partition coefficient (Wildman–Crippen LogP) is 3.14. The number of rotatable bonds is 4. The summed E-state index contributed by atoms with van der Waals surface area (Å²) in [5.74, 6) is 0.451. The second-order valence-electron chi connectivity index (χ2n) is 3.52. The van der Waals surface area contributed by atoms with E-state index >= 15 is 0 Å². The Kier molecular flexibility index (Phi) is 4.45. The first-order valence-electron chi connectivity index (χ1n) is 5.03. The lowest BCUT2D eigenvalue weighted by Gasteiger charge is -2.19. The van der Waals surface area contributed by atoms with Gasteiger partial charge in [-0.1, -0.05) is 13.0 Å². The van der Waals surface area contributed by atoms with Crippen LogP contribution in [0.2, 0.25) is 0 Å². The lowest BCUT2D eigenvalue weighted by Crippen LogP contribution is -2.18. The summed E-state index contributed by atoms with van der Waals surface area (Å²) in [6.45, 7) is 3.07. The van der Waals surface area contributed by atoms with Gasteiger partial charge >= 0.3 is 0 Å². The standard InChI is InChI=1S/C12H15ClN2/c1-3-6-15(2)12-5-4-10(8-13)7-11(12)9-14/h4-5,7H,3,6,8H2,1-2H3. The van der Waals surface area contributed by atoms with Crippen molar-refractivity contribution in [2.75, 3.05) is 18.5 Å². The Morgan fingerprint density at radius 2 is 2.20 bits per heavy atom. The molecule has 2 nitrogen and oxygen atoms in total. The average molecular weight is 223 g/mol. The molecule has 0 unspecified atom stereocenters. The Bertz CT molecular complexity index is 368. The normalized spacial score (nSPS) is 9.73. The van der Waals surface area contributed by atoms with Gasteiger partial charge < -0.3 is 4.90 Å². The van der Waals surface area contributed by atoms with Crippen molar-refractivity contribution >= 4 is 17.3 Å². The highest BCUT2D eigenvalue weighted by molar-refractivity contribution is 6.17. The first-order valence-corrected chi connectivity index (χ1v) is 5.56. The number of nitriles is 1. The Morgan fingerprint density at radius 3 is 2.73 bits per heavy atom. The summed E-state index contributed by atoms with van der Waals surface area (Å²) in [5, 5.41) is 9.04. The van der Waals surface area contributed by atoms with Gasteiger partial charge in [0.15, 0.2) is 0 Å². The summed E-state index contributed by atoms with van der Waals surface area (Å²) in [4.78, 5) is 2.09. The van der Waals surface area contributed by atoms with Crippen LogP contribution >= 0.6 is 11.6 Å². The van der Waals surface area contributed by atoms with E-state index in [1.165, 1.54) is 0 Å². The molecule has 0 amide bonds. The Balaban J connectivity index is 3.03. The summed E-state index contributed by atoms with van der Waals surface area (Å²) in [6, 6.07) is 8.00. The van der Waals surface area contributed by atoms with Gasteiger partial charge in [0, 0.05) is 19.5 Å². The van der Waals surface area contributed by atoms with Crippen LogP contribution in [0, 0.1) is 11.3 Å². The van der Waals surface area contributed by atoms with E-state index in [4.69, 9.17) is 16.9 Å². The lowest BCUT2D eigenvalue weighted by molar-refractivity contribution is 0.851. The molecule has 0 bridgehead atoms. The Morgan fingerprint density at radius 1 is 1.47 bits per heavy atom.